The van der Waals surface area contributed by atoms with E-state index in [1.807, 2.05) is 42.5 Å². The van der Waals surface area contributed by atoms with Crippen LogP contribution in [0.2, 0.25) is 0 Å². The van der Waals surface area contributed by atoms with E-state index in [0.717, 1.165) is 17.7 Å². The third-order valence-corrected chi connectivity index (χ3v) is 4.51. The van der Waals surface area contributed by atoms with Gasteiger partial charge in [-0.15, -0.1) is 24.8 Å². The van der Waals surface area contributed by atoms with E-state index < -0.39 is 6.04 Å². The van der Waals surface area contributed by atoms with Crippen molar-refractivity contribution in [2.24, 2.45) is 5.73 Å². The van der Waals surface area contributed by atoms with Gasteiger partial charge in [0.1, 0.15) is 0 Å². The van der Waals surface area contributed by atoms with E-state index in [4.69, 9.17) is 5.73 Å². The maximum atomic E-state index is 12.3. The first-order chi connectivity index (χ1) is 12.0. The van der Waals surface area contributed by atoms with E-state index in [1.54, 1.807) is 0 Å². The SMILES string of the molecule is CC(C)N(C)Cc1ccccc1CNC(=O)C(N)Cc1ccccc1.Cl.Cl. The molecule has 0 aliphatic heterocycles. The molecule has 2 aromatic carbocycles. The Morgan fingerprint density at radius 3 is 2.15 bits per heavy atom. The highest BCUT2D eigenvalue weighted by Gasteiger charge is 2.14. The number of benzene rings is 2. The van der Waals surface area contributed by atoms with E-state index in [2.05, 4.69) is 43.2 Å². The van der Waals surface area contributed by atoms with Crippen LogP contribution in [-0.4, -0.2) is 29.9 Å². The first-order valence-electron chi connectivity index (χ1n) is 8.81. The lowest BCUT2D eigenvalue weighted by Crippen LogP contribution is -2.41. The van der Waals surface area contributed by atoms with Gasteiger partial charge in [0, 0.05) is 19.1 Å². The number of nitrogens with zero attached hydrogens (tertiary/aromatic N) is 1. The third-order valence-electron chi connectivity index (χ3n) is 4.51. The van der Waals surface area contributed by atoms with Crippen molar-refractivity contribution in [2.45, 2.75) is 45.4 Å². The van der Waals surface area contributed by atoms with Crippen molar-refractivity contribution in [3.63, 3.8) is 0 Å². The Kier molecular flexibility index (Phi) is 12.0. The summed E-state index contributed by atoms with van der Waals surface area (Å²) in [7, 11) is 2.11. The molecule has 0 aromatic heterocycles. The quantitative estimate of drug-likeness (QED) is 0.697. The van der Waals surface area contributed by atoms with Crippen LogP contribution in [0.4, 0.5) is 0 Å². The van der Waals surface area contributed by atoms with Crippen LogP contribution in [0.1, 0.15) is 30.5 Å². The van der Waals surface area contributed by atoms with E-state index in [0.29, 0.717) is 19.0 Å². The molecule has 0 heterocycles. The zero-order valence-corrected chi connectivity index (χ0v) is 17.9. The molecule has 0 radical (unpaired) electrons. The van der Waals surface area contributed by atoms with Crippen LogP contribution < -0.4 is 11.1 Å². The minimum absolute atomic E-state index is 0. The van der Waals surface area contributed by atoms with Crippen molar-refractivity contribution in [1.29, 1.82) is 0 Å². The Hall–Kier alpha value is -1.59. The van der Waals surface area contributed by atoms with Crippen molar-refractivity contribution >= 4 is 30.7 Å². The summed E-state index contributed by atoms with van der Waals surface area (Å²) in [4.78, 5) is 14.6. The van der Waals surface area contributed by atoms with E-state index in [-0.39, 0.29) is 30.7 Å². The highest BCUT2D eigenvalue weighted by molar-refractivity contribution is 5.85. The molecule has 1 atom stereocenters. The Morgan fingerprint density at radius 1 is 1.00 bits per heavy atom. The molecule has 150 valence electrons. The molecule has 1 unspecified atom stereocenters. The number of hydrogen-bond acceptors (Lipinski definition) is 3. The van der Waals surface area contributed by atoms with Crippen molar-refractivity contribution in [3.05, 3.63) is 71.3 Å². The molecule has 2 rings (SSSR count). The van der Waals surface area contributed by atoms with Gasteiger partial charge in [-0.25, -0.2) is 0 Å². The predicted molar refractivity (Wildman–Crippen MR) is 118 cm³/mol. The van der Waals surface area contributed by atoms with Crippen molar-refractivity contribution in [2.75, 3.05) is 7.05 Å². The molecule has 3 N–H and O–H groups in total. The van der Waals surface area contributed by atoms with Crippen molar-refractivity contribution in [1.82, 2.24) is 10.2 Å². The molecule has 0 spiro atoms. The molecule has 0 aliphatic carbocycles. The van der Waals surface area contributed by atoms with Crippen LogP contribution in [0.3, 0.4) is 0 Å². The van der Waals surface area contributed by atoms with Gasteiger partial charge in [-0.1, -0.05) is 54.6 Å². The number of hydrogen-bond donors (Lipinski definition) is 2. The van der Waals surface area contributed by atoms with Crippen LogP contribution in [-0.2, 0) is 24.3 Å². The van der Waals surface area contributed by atoms with Crippen LogP contribution in [0.15, 0.2) is 54.6 Å². The molecule has 6 heteroatoms. The molecule has 27 heavy (non-hydrogen) atoms. The second-order valence-electron chi connectivity index (χ2n) is 6.79. The third kappa shape index (κ3) is 8.31. The Balaban J connectivity index is 0.00000338. The van der Waals surface area contributed by atoms with Gasteiger partial charge in [-0.3, -0.25) is 9.69 Å². The summed E-state index contributed by atoms with van der Waals surface area (Å²) < 4.78 is 0. The number of carbonyl (C=O) groups excluding carboxylic acids is 1. The lowest BCUT2D eigenvalue weighted by molar-refractivity contribution is -0.122. The normalized spacial score (nSPS) is 11.5. The van der Waals surface area contributed by atoms with Crippen molar-refractivity contribution < 1.29 is 4.79 Å². The average Bonchev–Trinajstić information content (AvgIpc) is 2.61. The number of rotatable bonds is 8. The molecule has 0 aliphatic rings. The number of amides is 1. The van der Waals surface area contributed by atoms with Gasteiger partial charge >= 0.3 is 0 Å². The Labute approximate surface area is 175 Å². The predicted octanol–water partition coefficient (Wildman–Crippen LogP) is 3.56. The van der Waals surface area contributed by atoms with Crippen molar-refractivity contribution in [3.8, 4) is 0 Å². The number of carbonyl (C=O) groups is 1. The summed E-state index contributed by atoms with van der Waals surface area (Å²) in [5, 5.41) is 2.98. The Bertz CT molecular complexity index is 680. The standard InChI is InChI=1S/C21H29N3O.2ClH/c1-16(2)24(3)15-19-12-8-7-11-18(19)14-23-21(25)20(22)13-17-9-5-4-6-10-17;;/h4-12,16,20H,13-15,22H2,1-3H3,(H,23,25);2*1H. The molecular formula is C21H31Cl2N3O. The van der Waals surface area contributed by atoms with Gasteiger partial charge in [0.2, 0.25) is 5.91 Å². The van der Waals surface area contributed by atoms with Gasteiger partial charge in [0.05, 0.1) is 6.04 Å². The average molecular weight is 412 g/mol. The number of halogens is 2. The van der Waals surface area contributed by atoms with Gasteiger partial charge < -0.3 is 11.1 Å². The second-order valence-corrected chi connectivity index (χ2v) is 6.79. The van der Waals surface area contributed by atoms with Crippen LogP contribution in [0, 0.1) is 0 Å². The minimum atomic E-state index is -0.534. The summed E-state index contributed by atoms with van der Waals surface area (Å²) in [6.07, 6.45) is 0.546. The maximum Gasteiger partial charge on any atom is 0.237 e. The molecule has 0 bridgehead atoms. The van der Waals surface area contributed by atoms with Gasteiger partial charge in [-0.05, 0) is 44.0 Å². The summed E-state index contributed by atoms with van der Waals surface area (Å²) in [6.45, 7) is 5.71. The zero-order valence-electron chi connectivity index (χ0n) is 16.2. The lowest BCUT2D eigenvalue weighted by Gasteiger charge is -2.23. The van der Waals surface area contributed by atoms with E-state index in [1.165, 1.54) is 5.56 Å². The van der Waals surface area contributed by atoms with Gasteiger partial charge in [-0.2, -0.15) is 0 Å². The first kappa shape index (κ1) is 25.4. The summed E-state index contributed by atoms with van der Waals surface area (Å²) >= 11 is 0. The molecule has 0 saturated carbocycles. The topological polar surface area (TPSA) is 58.4 Å². The smallest absolute Gasteiger partial charge is 0.237 e. The maximum absolute atomic E-state index is 12.3. The van der Waals surface area contributed by atoms with Gasteiger partial charge in [0.15, 0.2) is 0 Å². The largest absolute Gasteiger partial charge is 0.351 e. The molecule has 1 amide bonds. The fourth-order valence-corrected chi connectivity index (χ4v) is 2.61. The van der Waals surface area contributed by atoms with Gasteiger partial charge in [0.25, 0.3) is 0 Å². The fourth-order valence-electron chi connectivity index (χ4n) is 2.61. The lowest BCUT2D eigenvalue weighted by atomic mass is 10.0. The molecular weight excluding hydrogens is 381 g/mol. The summed E-state index contributed by atoms with van der Waals surface area (Å²) in [6, 6.07) is 18.0. The minimum Gasteiger partial charge on any atom is -0.351 e. The molecule has 2 aromatic rings. The molecule has 4 nitrogen and oxygen atoms in total. The monoisotopic (exact) mass is 411 g/mol. The Morgan fingerprint density at radius 2 is 1.56 bits per heavy atom. The molecule has 0 fully saturated rings. The summed E-state index contributed by atoms with van der Waals surface area (Å²) in [5.41, 5.74) is 9.49. The fraction of sp³-hybridized carbons (Fsp3) is 0.381. The number of nitrogens with two attached hydrogens (primary N) is 1. The van der Waals surface area contributed by atoms with E-state index >= 15 is 0 Å². The highest BCUT2D eigenvalue weighted by Crippen LogP contribution is 2.12. The second kappa shape index (κ2) is 12.7. The van der Waals surface area contributed by atoms with Crippen LogP contribution in [0.25, 0.3) is 0 Å². The zero-order chi connectivity index (χ0) is 18.2. The summed E-state index contributed by atoms with van der Waals surface area (Å²) in [5.74, 6) is -0.115. The van der Waals surface area contributed by atoms with Crippen LogP contribution in [0.5, 0.6) is 0 Å². The molecule has 0 saturated heterocycles. The van der Waals surface area contributed by atoms with E-state index in [9.17, 15) is 4.79 Å². The highest BCUT2D eigenvalue weighted by atomic mass is 35.5. The van der Waals surface area contributed by atoms with Crippen LogP contribution >= 0.6 is 24.8 Å². The first-order valence-corrected chi connectivity index (χ1v) is 8.81. The number of nitrogens with one attached hydrogen (secondary N) is 1.